The Balaban J connectivity index is 1.84. The van der Waals surface area contributed by atoms with Crippen LogP contribution in [0.25, 0.3) is 10.8 Å². The van der Waals surface area contributed by atoms with E-state index in [1.807, 2.05) is 24.3 Å². The number of hydrazine groups is 1. The summed E-state index contributed by atoms with van der Waals surface area (Å²) in [6.07, 6.45) is 7.47. The third kappa shape index (κ3) is 2.06. The number of rotatable bonds is 3. The summed E-state index contributed by atoms with van der Waals surface area (Å²) in [5.41, 5.74) is 7.57. The maximum absolute atomic E-state index is 4.12. The molecule has 0 atom stereocenters. The van der Waals surface area contributed by atoms with Gasteiger partial charge in [-0.05, 0) is 19.3 Å². The number of allylic oxidation sites excluding steroid dienone is 2. The first-order chi connectivity index (χ1) is 8.43. The van der Waals surface area contributed by atoms with Gasteiger partial charge in [-0.25, -0.2) is 0 Å². The Morgan fingerprint density at radius 1 is 1.12 bits per heavy atom. The van der Waals surface area contributed by atoms with Gasteiger partial charge in [0.1, 0.15) is 0 Å². The maximum atomic E-state index is 4.12. The van der Waals surface area contributed by atoms with Crippen molar-refractivity contribution in [1.82, 2.24) is 15.6 Å². The summed E-state index contributed by atoms with van der Waals surface area (Å²) in [7, 11) is 0. The van der Waals surface area contributed by atoms with Gasteiger partial charge in [-0.2, -0.15) is 5.10 Å². The van der Waals surface area contributed by atoms with Crippen molar-refractivity contribution in [3.8, 4) is 0 Å². The van der Waals surface area contributed by atoms with Gasteiger partial charge in [0.2, 0.25) is 0 Å². The van der Waals surface area contributed by atoms with E-state index in [2.05, 4.69) is 27.1 Å². The lowest BCUT2D eigenvalue weighted by molar-refractivity contribution is 0.832. The lowest BCUT2D eigenvalue weighted by atomic mass is 10.2. The fraction of sp³-hybridized carbons (Fsp3) is 0.231. The van der Waals surface area contributed by atoms with E-state index < -0.39 is 0 Å². The zero-order valence-corrected chi connectivity index (χ0v) is 9.48. The van der Waals surface area contributed by atoms with Crippen molar-refractivity contribution < 1.29 is 0 Å². The van der Waals surface area contributed by atoms with Crippen LogP contribution in [0.1, 0.15) is 19.3 Å². The van der Waals surface area contributed by atoms with E-state index in [0.29, 0.717) is 0 Å². The smallest absolute Gasteiger partial charge is 0.174 e. The standard InChI is InChI=1S/C13H14N4/c1-4-8-12-10(5-1)9-14-16-13(12)17-15-11-6-2-3-7-11/h1,4-6,8-9,15H,2-3,7H2,(H,16,17). The van der Waals surface area contributed by atoms with Gasteiger partial charge >= 0.3 is 0 Å². The molecule has 1 aromatic carbocycles. The molecular weight excluding hydrogens is 212 g/mol. The molecule has 1 heterocycles. The van der Waals surface area contributed by atoms with Gasteiger partial charge in [-0.1, -0.05) is 30.3 Å². The molecule has 0 unspecified atom stereocenters. The zero-order chi connectivity index (χ0) is 11.5. The second-order valence-electron chi connectivity index (χ2n) is 4.15. The Bertz CT molecular complexity index is 557. The molecule has 1 aromatic heterocycles. The van der Waals surface area contributed by atoms with E-state index in [4.69, 9.17) is 0 Å². The van der Waals surface area contributed by atoms with Gasteiger partial charge in [0.15, 0.2) is 5.82 Å². The number of anilines is 1. The summed E-state index contributed by atoms with van der Waals surface area (Å²) in [6, 6.07) is 8.08. The summed E-state index contributed by atoms with van der Waals surface area (Å²) in [5.74, 6) is 0.774. The van der Waals surface area contributed by atoms with E-state index in [-0.39, 0.29) is 0 Å². The highest BCUT2D eigenvalue weighted by Crippen LogP contribution is 2.19. The maximum Gasteiger partial charge on any atom is 0.174 e. The second kappa shape index (κ2) is 4.41. The molecule has 0 bridgehead atoms. The molecule has 3 rings (SSSR count). The number of aromatic nitrogens is 2. The molecular formula is C13H14N4. The van der Waals surface area contributed by atoms with E-state index in [9.17, 15) is 0 Å². The zero-order valence-electron chi connectivity index (χ0n) is 9.48. The molecule has 4 heteroatoms. The fourth-order valence-corrected chi connectivity index (χ4v) is 2.04. The quantitative estimate of drug-likeness (QED) is 0.790. The number of nitrogens with zero attached hydrogens (tertiary/aromatic N) is 2. The highest BCUT2D eigenvalue weighted by atomic mass is 15.4. The molecule has 4 nitrogen and oxygen atoms in total. The van der Waals surface area contributed by atoms with Gasteiger partial charge < -0.3 is 5.43 Å². The topological polar surface area (TPSA) is 49.8 Å². The minimum atomic E-state index is 0.774. The largest absolute Gasteiger partial charge is 0.304 e. The molecule has 0 saturated carbocycles. The van der Waals surface area contributed by atoms with Crippen LogP contribution >= 0.6 is 0 Å². The van der Waals surface area contributed by atoms with E-state index in [0.717, 1.165) is 29.4 Å². The average Bonchev–Trinajstić information content (AvgIpc) is 2.89. The Hall–Kier alpha value is -2.10. The molecule has 86 valence electrons. The average molecular weight is 226 g/mol. The van der Waals surface area contributed by atoms with Crippen LogP contribution in [-0.2, 0) is 0 Å². The predicted octanol–water partition coefficient (Wildman–Crippen LogP) is 2.61. The minimum Gasteiger partial charge on any atom is -0.304 e. The molecule has 0 saturated heterocycles. The van der Waals surface area contributed by atoms with E-state index in [1.165, 1.54) is 12.1 Å². The van der Waals surface area contributed by atoms with Crippen LogP contribution in [0.4, 0.5) is 5.82 Å². The molecule has 0 aliphatic heterocycles. The van der Waals surface area contributed by atoms with Crippen LogP contribution in [-0.4, -0.2) is 10.2 Å². The molecule has 0 radical (unpaired) electrons. The van der Waals surface area contributed by atoms with Crippen molar-refractivity contribution in [2.45, 2.75) is 19.3 Å². The van der Waals surface area contributed by atoms with Crippen molar-refractivity contribution in [2.24, 2.45) is 0 Å². The van der Waals surface area contributed by atoms with Gasteiger partial charge in [0, 0.05) is 16.5 Å². The summed E-state index contributed by atoms with van der Waals surface area (Å²) in [4.78, 5) is 0. The molecule has 0 spiro atoms. The van der Waals surface area contributed by atoms with Gasteiger partial charge in [0.25, 0.3) is 0 Å². The lowest BCUT2D eigenvalue weighted by Crippen LogP contribution is -2.21. The third-order valence-corrected chi connectivity index (χ3v) is 2.95. The SMILES string of the molecule is C1=C(NNc2nncc3ccccc23)CCC1. The monoisotopic (exact) mass is 226 g/mol. The number of fused-ring (bicyclic) bond motifs is 1. The molecule has 0 amide bonds. The normalized spacial score (nSPS) is 14.7. The Morgan fingerprint density at radius 3 is 2.94 bits per heavy atom. The molecule has 17 heavy (non-hydrogen) atoms. The van der Waals surface area contributed by atoms with Crippen LogP contribution in [0.5, 0.6) is 0 Å². The van der Waals surface area contributed by atoms with Crippen LogP contribution in [0.2, 0.25) is 0 Å². The van der Waals surface area contributed by atoms with Crippen molar-refractivity contribution >= 4 is 16.6 Å². The second-order valence-corrected chi connectivity index (χ2v) is 4.15. The minimum absolute atomic E-state index is 0.774. The van der Waals surface area contributed by atoms with Crippen LogP contribution < -0.4 is 10.9 Å². The van der Waals surface area contributed by atoms with Gasteiger partial charge in [-0.15, -0.1) is 5.10 Å². The number of hydrogen-bond donors (Lipinski definition) is 2. The van der Waals surface area contributed by atoms with Crippen LogP contribution in [0, 0.1) is 0 Å². The highest BCUT2D eigenvalue weighted by Gasteiger charge is 2.05. The number of hydrogen-bond acceptors (Lipinski definition) is 4. The number of nitrogens with one attached hydrogen (secondary N) is 2. The summed E-state index contributed by atoms with van der Waals surface area (Å²) >= 11 is 0. The third-order valence-electron chi connectivity index (χ3n) is 2.95. The van der Waals surface area contributed by atoms with Gasteiger partial charge in [-0.3, -0.25) is 5.43 Å². The van der Waals surface area contributed by atoms with E-state index >= 15 is 0 Å². The first-order valence-electron chi connectivity index (χ1n) is 5.85. The Morgan fingerprint density at radius 2 is 2.06 bits per heavy atom. The molecule has 1 aliphatic rings. The molecule has 2 aromatic rings. The summed E-state index contributed by atoms with van der Waals surface area (Å²) in [6.45, 7) is 0. The molecule has 1 aliphatic carbocycles. The summed E-state index contributed by atoms with van der Waals surface area (Å²) < 4.78 is 0. The molecule has 0 fully saturated rings. The van der Waals surface area contributed by atoms with Crippen molar-refractivity contribution in [1.29, 1.82) is 0 Å². The fourth-order valence-electron chi connectivity index (χ4n) is 2.04. The number of benzene rings is 1. The van der Waals surface area contributed by atoms with Crippen molar-refractivity contribution in [2.75, 3.05) is 5.43 Å². The lowest BCUT2D eigenvalue weighted by Gasteiger charge is -2.10. The predicted molar refractivity (Wildman–Crippen MR) is 68.2 cm³/mol. The van der Waals surface area contributed by atoms with Crippen molar-refractivity contribution in [3.63, 3.8) is 0 Å². The Kier molecular flexibility index (Phi) is 2.62. The van der Waals surface area contributed by atoms with Crippen molar-refractivity contribution in [3.05, 3.63) is 42.2 Å². The van der Waals surface area contributed by atoms with Crippen LogP contribution in [0.3, 0.4) is 0 Å². The highest BCUT2D eigenvalue weighted by molar-refractivity contribution is 5.90. The summed E-state index contributed by atoms with van der Waals surface area (Å²) in [5, 5.41) is 10.3. The molecule has 2 N–H and O–H groups in total. The first-order valence-corrected chi connectivity index (χ1v) is 5.85. The first kappa shape index (κ1) is 10.1. The van der Waals surface area contributed by atoms with E-state index in [1.54, 1.807) is 6.20 Å². The van der Waals surface area contributed by atoms with Gasteiger partial charge in [0.05, 0.1) is 6.20 Å². The Labute approximate surface area is 99.7 Å². The van der Waals surface area contributed by atoms with Crippen LogP contribution in [0.15, 0.2) is 42.2 Å².